The van der Waals surface area contributed by atoms with Crippen LogP contribution >= 0.6 is 0 Å². The topological polar surface area (TPSA) is 56.5 Å². The van der Waals surface area contributed by atoms with E-state index >= 15 is 0 Å². The molecule has 1 unspecified atom stereocenters. The van der Waals surface area contributed by atoms with Gasteiger partial charge in [0.2, 0.25) is 0 Å². The Bertz CT molecular complexity index is 605. The largest absolute Gasteiger partial charge is 0.493 e. The van der Waals surface area contributed by atoms with E-state index in [4.69, 9.17) is 9.47 Å². The Morgan fingerprint density at radius 3 is 2.57 bits per heavy atom. The molecule has 0 aliphatic heterocycles. The lowest BCUT2D eigenvalue weighted by molar-refractivity contribution is 0.0444. The van der Waals surface area contributed by atoms with Crippen LogP contribution in [0.25, 0.3) is 0 Å². The van der Waals surface area contributed by atoms with Gasteiger partial charge in [0.05, 0.1) is 14.2 Å². The molecular weight excluding hydrogens is 268 g/mol. The molecule has 0 aliphatic rings. The predicted molar refractivity (Wildman–Crippen MR) is 80.7 cm³/mol. The number of hydrogen-bond acceptors (Lipinski definition) is 4. The standard InChI is InChI=1S/C16H22N2O3/c1-5-18-9-8-17-15(18)16(2,19)11-12-6-7-13(20-3)14(10-12)21-4/h6-10,19H,5,11H2,1-4H3. The average molecular weight is 290 g/mol. The molecule has 5 nitrogen and oxygen atoms in total. The molecule has 0 amide bonds. The maximum absolute atomic E-state index is 10.8. The van der Waals surface area contributed by atoms with Crippen molar-refractivity contribution >= 4 is 0 Å². The highest BCUT2D eigenvalue weighted by atomic mass is 16.5. The third kappa shape index (κ3) is 3.19. The molecule has 5 heteroatoms. The quantitative estimate of drug-likeness (QED) is 0.887. The Kier molecular flexibility index (Phi) is 4.53. The van der Waals surface area contributed by atoms with Crippen molar-refractivity contribution in [3.63, 3.8) is 0 Å². The molecule has 0 bridgehead atoms. The van der Waals surface area contributed by atoms with E-state index in [2.05, 4.69) is 4.98 Å². The minimum Gasteiger partial charge on any atom is -0.493 e. The Morgan fingerprint density at radius 1 is 1.24 bits per heavy atom. The molecule has 0 radical (unpaired) electrons. The molecule has 1 N–H and O–H groups in total. The third-order valence-electron chi connectivity index (χ3n) is 3.53. The van der Waals surface area contributed by atoms with Crippen molar-refractivity contribution in [1.29, 1.82) is 0 Å². The Balaban J connectivity index is 2.28. The zero-order valence-corrected chi connectivity index (χ0v) is 13.0. The van der Waals surface area contributed by atoms with E-state index in [9.17, 15) is 5.11 Å². The zero-order valence-electron chi connectivity index (χ0n) is 13.0. The van der Waals surface area contributed by atoms with Gasteiger partial charge in [-0.2, -0.15) is 0 Å². The van der Waals surface area contributed by atoms with E-state index in [-0.39, 0.29) is 0 Å². The number of hydrogen-bond donors (Lipinski definition) is 1. The summed E-state index contributed by atoms with van der Waals surface area (Å²) in [5.74, 6) is 2.00. The van der Waals surface area contributed by atoms with Gasteiger partial charge in [-0.05, 0) is 31.5 Å². The second-order valence-electron chi connectivity index (χ2n) is 5.18. The van der Waals surface area contributed by atoms with Crippen LogP contribution in [0, 0.1) is 0 Å². The van der Waals surface area contributed by atoms with Gasteiger partial charge >= 0.3 is 0 Å². The van der Waals surface area contributed by atoms with Crippen molar-refractivity contribution in [3.8, 4) is 11.5 Å². The predicted octanol–water partition coefficient (Wildman–Crippen LogP) is 2.37. The van der Waals surface area contributed by atoms with Gasteiger partial charge < -0.3 is 19.1 Å². The van der Waals surface area contributed by atoms with Gasteiger partial charge in [0.1, 0.15) is 11.4 Å². The van der Waals surface area contributed by atoms with Gasteiger partial charge in [0.15, 0.2) is 11.5 Å². The van der Waals surface area contributed by atoms with Gasteiger partial charge in [-0.15, -0.1) is 0 Å². The maximum Gasteiger partial charge on any atom is 0.160 e. The van der Waals surface area contributed by atoms with Crippen LogP contribution in [-0.2, 0) is 18.6 Å². The molecule has 0 saturated heterocycles. The summed E-state index contributed by atoms with van der Waals surface area (Å²) in [6, 6.07) is 5.65. The minimum atomic E-state index is -1.04. The number of aryl methyl sites for hydroxylation is 1. The molecule has 1 aromatic carbocycles. The van der Waals surface area contributed by atoms with E-state index < -0.39 is 5.60 Å². The SMILES string of the molecule is CCn1ccnc1C(C)(O)Cc1ccc(OC)c(OC)c1. The lowest BCUT2D eigenvalue weighted by atomic mass is 9.95. The van der Waals surface area contributed by atoms with Crippen LogP contribution in [-0.4, -0.2) is 28.9 Å². The van der Waals surface area contributed by atoms with Crippen molar-refractivity contribution in [2.75, 3.05) is 14.2 Å². The van der Waals surface area contributed by atoms with E-state index in [1.807, 2.05) is 35.9 Å². The van der Waals surface area contributed by atoms with Crippen LogP contribution in [0.3, 0.4) is 0 Å². The van der Waals surface area contributed by atoms with Crippen LogP contribution in [0.5, 0.6) is 11.5 Å². The number of benzene rings is 1. The second kappa shape index (κ2) is 6.18. The summed E-state index contributed by atoms with van der Waals surface area (Å²) < 4.78 is 12.5. The first-order valence-electron chi connectivity index (χ1n) is 6.96. The van der Waals surface area contributed by atoms with E-state index in [0.717, 1.165) is 12.1 Å². The van der Waals surface area contributed by atoms with Gasteiger partial charge in [-0.25, -0.2) is 4.98 Å². The first kappa shape index (κ1) is 15.4. The van der Waals surface area contributed by atoms with Gasteiger partial charge in [0, 0.05) is 25.4 Å². The summed E-state index contributed by atoms with van der Waals surface area (Å²) in [6.45, 7) is 4.58. The number of ether oxygens (including phenoxy) is 2. The van der Waals surface area contributed by atoms with Crippen LogP contribution in [0.15, 0.2) is 30.6 Å². The minimum absolute atomic E-state index is 0.449. The Hall–Kier alpha value is -2.01. The van der Waals surface area contributed by atoms with Crippen molar-refractivity contribution < 1.29 is 14.6 Å². The van der Waals surface area contributed by atoms with E-state index in [1.54, 1.807) is 27.3 Å². The second-order valence-corrected chi connectivity index (χ2v) is 5.18. The molecule has 21 heavy (non-hydrogen) atoms. The Morgan fingerprint density at radius 2 is 1.95 bits per heavy atom. The molecule has 0 fully saturated rings. The van der Waals surface area contributed by atoms with Crippen molar-refractivity contribution in [2.24, 2.45) is 0 Å². The summed E-state index contributed by atoms with van der Waals surface area (Å²) in [6.07, 6.45) is 4.03. The first-order chi connectivity index (χ1) is 10.0. The molecule has 0 spiro atoms. The lowest BCUT2D eigenvalue weighted by Gasteiger charge is -2.24. The van der Waals surface area contributed by atoms with Gasteiger partial charge in [-0.1, -0.05) is 6.07 Å². The number of aromatic nitrogens is 2. The molecule has 114 valence electrons. The summed E-state index contributed by atoms with van der Waals surface area (Å²) >= 11 is 0. The number of rotatable bonds is 6. The van der Waals surface area contributed by atoms with Crippen LogP contribution in [0.1, 0.15) is 25.2 Å². The average Bonchev–Trinajstić information content (AvgIpc) is 2.96. The molecule has 0 aliphatic carbocycles. The van der Waals surface area contributed by atoms with Gasteiger partial charge in [0.25, 0.3) is 0 Å². The van der Waals surface area contributed by atoms with Gasteiger partial charge in [-0.3, -0.25) is 0 Å². The maximum atomic E-state index is 10.8. The van der Waals surface area contributed by atoms with E-state index in [0.29, 0.717) is 23.7 Å². The summed E-state index contributed by atoms with van der Waals surface area (Å²) in [5.41, 5.74) is -0.0812. The monoisotopic (exact) mass is 290 g/mol. The molecule has 2 aromatic rings. The fourth-order valence-electron chi connectivity index (χ4n) is 2.50. The third-order valence-corrected chi connectivity index (χ3v) is 3.53. The highest BCUT2D eigenvalue weighted by Crippen LogP contribution is 2.31. The molecular formula is C16H22N2O3. The normalized spacial score (nSPS) is 13.8. The Labute approximate surface area is 125 Å². The summed E-state index contributed by atoms with van der Waals surface area (Å²) in [7, 11) is 3.20. The lowest BCUT2D eigenvalue weighted by Crippen LogP contribution is -2.28. The van der Waals surface area contributed by atoms with Crippen molar-refractivity contribution in [3.05, 3.63) is 42.0 Å². The number of nitrogens with zero attached hydrogens (tertiary/aromatic N) is 2. The number of imidazole rings is 1. The number of methoxy groups -OCH3 is 2. The summed E-state index contributed by atoms with van der Waals surface area (Å²) in [5, 5.41) is 10.8. The molecule has 1 atom stereocenters. The number of aliphatic hydroxyl groups is 1. The van der Waals surface area contributed by atoms with Crippen LogP contribution < -0.4 is 9.47 Å². The van der Waals surface area contributed by atoms with Crippen molar-refractivity contribution in [1.82, 2.24) is 9.55 Å². The molecule has 2 rings (SSSR count). The summed E-state index contributed by atoms with van der Waals surface area (Å²) in [4.78, 5) is 4.29. The smallest absolute Gasteiger partial charge is 0.160 e. The zero-order chi connectivity index (χ0) is 15.5. The highest BCUT2D eigenvalue weighted by molar-refractivity contribution is 5.43. The van der Waals surface area contributed by atoms with Crippen LogP contribution in [0.4, 0.5) is 0 Å². The molecule has 0 saturated carbocycles. The first-order valence-corrected chi connectivity index (χ1v) is 6.96. The fourth-order valence-corrected chi connectivity index (χ4v) is 2.50. The molecule has 1 heterocycles. The highest BCUT2D eigenvalue weighted by Gasteiger charge is 2.28. The molecule has 1 aromatic heterocycles. The van der Waals surface area contributed by atoms with E-state index in [1.165, 1.54) is 0 Å². The van der Waals surface area contributed by atoms with Crippen molar-refractivity contribution in [2.45, 2.75) is 32.4 Å². The fraction of sp³-hybridized carbons (Fsp3) is 0.438. The van der Waals surface area contributed by atoms with Crippen LogP contribution in [0.2, 0.25) is 0 Å².